The maximum atomic E-state index is 5.64. The van der Waals surface area contributed by atoms with Crippen molar-refractivity contribution in [3.8, 4) is 0 Å². The number of dihydropyridines is 1. The van der Waals surface area contributed by atoms with Crippen molar-refractivity contribution >= 4 is 33.7 Å². The van der Waals surface area contributed by atoms with Crippen LogP contribution in [0.4, 0.5) is 0 Å². The van der Waals surface area contributed by atoms with E-state index in [2.05, 4.69) is 408 Å². The number of aromatic nitrogens is 8. The number of rotatable bonds is 1. The van der Waals surface area contributed by atoms with Crippen LogP contribution < -0.4 is 16.0 Å². The van der Waals surface area contributed by atoms with Gasteiger partial charge in [0.05, 0.1) is 48.0 Å². The summed E-state index contributed by atoms with van der Waals surface area (Å²) in [4.78, 5) is 44.5. The molecular formula is C115H179N19O2. The molecule has 21 nitrogen and oxygen atoms in total. The summed E-state index contributed by atoms with van der Waals surface area (Å²) in [5.41, 5.74) is 26.9. The summed E-state index contributed by atoms with van der Waals surface area (Å²) in [6.07, 6.45) is 32.2. The Morgan fingerprint density at radius 1 is 0.434 bits per heavy atom. The van der Waals surface area contributed by atoms with E-state index in [1.807, 2.05) is 24.8 Å². The zero-order valence-electron chi connectivity index (χ0n) is 90.0. The van der Waals surface area contributed by atoms with Crippen LogP contribution in [0.3, 0.4) is 0 Å². The lowest BCUT2D eigenvalue weighted by Gasteiger charge is -2.41. The van der Waals surface area contributed by atoms with E-state index in [-0.39, 0.29) is 33.1 Å². The minimum absolute atomic E-state index is 0.201. The van der Waals surface area contributed by atoms with Crippen LogP contribution in [0.1, 0.15) is 315 Å². The van der Waals surface area contributed by atoms with Gasteiger partial charge in [-0.25, -0.2) is 9.97 Å². The number of pyridine rings is 1. The number of hydrogen-bond acceptors (Lipinski definition) is 16. The van der Waals surface area contributed by atoms with E-state index in [0.29, 0.717) is 39.8 Å². The molecule has 2 aliphatic carbocycles. The monoisotopic (exact) mass is 1860 g/mol. The molecule has 21 heteroatoms. The molecule has 8 aromatic rings. The van der Waals surface area contributed by atoms with Gasteiger partial charge in [-0.15, -0.1) is 0 Å². The van der Waals surface area contributed by atoms with Gasteiger partial charge in [0.2, 0.25) is 0 Å². The second-order valence-corrected chi connectivity index (χ2v) is 49.9. The number of allylic oxidation sites excluding steroid dienone is 1. The molecule has 8 N–H and O–H groups in total. The Morgan fingerprint density at radius 2 is 0.978 bits per heavy atom. The number of nitrogens with one attached hydrogen (secondary N) is 8. The van der Waals surface area contributed by atoms with Gasteiger partial charge in [-0.3, -0.25) is 34.4 Å². The average Bonchev–Trinajstić information content (AvgIpc) is 1.65. The fourth-order valence-corrected chi connectivity index (χ4v) is 19.6. The number of benzene rings is 2. The van der Waals surface area contributed by atoms with Gasteiger partial charge in [-0.1, -0.05) is 126 Å². The number of aryl methyl sites for hydroxylation is 2. The summed E-state index contributed by atoms with van der Waals surface area (Å²) < 4.78 is 11.2. The molecule has 10 aliphatic heterocycles. The first-order valence-corrected chi connectivity index (χ1v) is 51.1. The summed E-state index contributed by atoms with van der Waals surface area (Å²) in [5, 5.41) is 20.3. The molecule has 0 spiro atoms. The van der Waals surface area contributed by atoms with Gasteiger partial charge >= 0.3 is 0 Å². The van der Waals surface area contributed by atoms with E-state index in [9.17, 15) is 0 Å². The number of likely N-dealkylation sites (tertiary alicyclic amines) is 1. The normalized spacial score (nSPS) is 21.0. The molecule has 2 fully saturated rings. The third kappa shape index (κ3) is 31.0. The van der Waals surface area contributed by atoms with Crippen LogP contribution in [-0.2, 0) is 79.5 Å². The molecule has 2 aromatic carbocycles. The third-order valence-electron chi connectivity index (χ3n) is 28.9. The van der Waals surface area contributed by atoms with Crippen molar-refractivity contribution in [2.75, 3.05) is 58.9 Å². The predicted molar refractivity (Wildman–Crippen MR) is 571 cm³/mol. The molecule has 20 rings (SSSR count). The van der Waals surface area contributed by atoms with Crippen LogP contribution >= 0.6 is 0 Å². The fourth-order valence-electron chi connectivity index (χ4n) is 19.6. The van der Waals surface area contributed by atoms with Gasteiger partial charge in [-0.2, -0.15) is 10.2 Å². The number of nitrogens with zero attached hydrogens (tertiary/aromatic N) is 11. The quantitative estimate of drug-likeness (QED) is 0.0768. The van der Waals surface area contributed by atoms with E-state index in [1.54, 1.807) is 11.9 Å². The number of para-hydroxylation sites is 1. The van der Waals surface area contributed by atoms with Crippen molar-refractivity contribution < 1.29 is 9.47 Å². The van der Waals surface area contributed by atoms with E-state index in [4.69, 9.17) is 9.47 Å². The molecule has 136 heavy (non-hydrogen) atoms. The van der Waals surface area contributed by atoms with E-state index < -0.39 is 0 Å². The number of ether oxygens (including phenoxy) is 2. The highest BCUT2D eigenvalue weighted by Crippen LogP contribution is 2.40. The summed E-state index contributed by atoms with van der Waals surface area (Å²) >= 11 is 0. The molecule has 746 valence electrons. The summed E-state index contributed by atoms with van der Waals surface area (Å²) in [5.74, 6) is 4.13. The van der Waals surface area contributed by atoms with Crippen LogP contribution in [0.25, 0.3) is 21.8 Å². The first kappa shape index (κ1) is 107. The molecule has 6 aromatic heterocycles. The van der Waals surface area contributed by atoms with E-state index >= 15 is 0 Å². The Balaban J connectivity index is 0.000000145. The molecule has 0 saturated carbocycles. The highest BCUT2D eigenvalue weighted by Gasteiger charge is 2.41. The maximum Gasteiger partial charge on any atom is 0.190 e. The molecule has 4 atom stereocenters. The number of H-pyrrole nitrogens is 5. The minimum Gasteiger partial charge on any atom is -0.473 e. The highest BCUT2D eigenvalue weighted by atomic mass is 16.5. The number of aromatic amines is 5. The lowest BCUT2D eigenvalue weighted by molar-refractivity contribution is 0.0219. The van der Waals surface area contributed by atoms with Gasteiger partial charge in [0.25, 0.3) is 0 Å². The average molecular weight is 1860 g/mol. The van der Waals surface area contributed by atoms with Gasteiger partial charge in [0.15, 0.2) is 11.8 Å². The highest BCUT2D eigenvalue weighted by molar-refractivity contribution is 6.07. The Labute approximate surface area is 820 Å². The summed E-state index contributed by atoms with van der Waals surface area (Å²) in [7, 11) is 0. The van der Waals surface area contributed by atoms with Gasteiger partial charge < -0.3 is 50.3 Å². The Bertz CT molecular complexity index is 5170. The molecule has 0 amide bonds. The Kier molecular flexibility index (Phi) is 35.2. The van der Waals surface area contributed by atoms with Gasteiger partial charge in [0, 0.05) is 230 Å². The van der Waals surface area contributed by atoms with Crippen LogP contribution in [0, 0.1) is 28.1 Å². The smallest absolute Gasteiger partial charge is 0.190 e. The maximum absolute atomic E-state index is 5.64. The molecular weight excluding hydrogens is 1680 g/mol. The minimum atomic E-state index is 0.201. The third-order valence-corrected chi connectivity index (χ3v) is 28.9. The molecule has 4 unspecified atom stereocenters. The van der Waals surface area contributed by atoms with Crippen molar-refractivity contribution in [3.63, 3.8) is 0 Å². The lowest BCUT2D eigenvalue weighted by atomic mass is 9.72. The van der Waals surface area contributed by atoms with Crippen molar-refractivity contribution in [2.24, 2.45) is 38.3 Å². The first-order chi connectivity index (χ1) is 63.4. The van der Waals surface area contributed by atoms with Crippen LogP contribution in [0.15, 0.2) is 180 Å². The zero-order chi connectivity index (χ0) is 99.5. The summed E-state index contributed by atoms with van der Waals surface area (Å²) in [6, 6.07) is 24.4. The second-order valence-electron chi connectivity index (χ2n) is 49.9. The first-order valence-electron chi connectivity index (χ1n) is 51.1. The van der Waals surface area contributed by atoms with Crippen LogP contribution in [-0.4, -0.2) is 185 Å². The second kappa shape index (κ2) is 44.6. The topological polar surface area (TPSA) is 216 Å². The van der Waals surface area contributed by atoms with Gasteiger partial charge in [0.1, 0.15) is 11.9 Å². The number of fused-ring (bicyclic) bond motifs is 9. The van der Waals surface area contributed by atoms with Crippen LogP contribution in [0.5, 0.6) is 0 Å². The zero-order valence-corrected chi connectivity index (χ0v) is 90.0. The lowest BCUT2D eigenvalue weighted by Crippen LogP contribution is -2.54. The SMILES string of the molecule is C=C1C=CC2=C(CCN(C(C)(C)C)C2)N1.C=C1NC2=C(CN(C(C)(C)C)CC2)O1.C=C1NC2CCN(C(C)(C)C)CC2O1.CC(C)(C)C1CCc2[nH]ccc2C1.CC(C)(C)C1CCc2nc[nH]c2C1.CC(C)(C)CC1=NN=CC1.CC(C)(C)N1CCc2[nH]ccc2C1.CC(C)(C)N1CCc2nc[nH]c2C1.CC(C)(C)N1CCc2ncccc2C1.CC(C)(C)c1ccc2[nH]c3ccccc3c2c1. The fraction of sp³-hybridized carbons (Fsp3) is 0.609. The number of piperidine rings is 1. The molecule has 12 aliphatic rings. The standard InChI is InChI=1S/C16H17N.C13H20N2.C12H18N2.C12H19N.C11H20N2O.C11H18N2O.2C11H18N2.C10H17N3.C8H14N2/c1-16(2,3)11-8-9-15-13(10-11)12-6-4-5-7-14(12)17-15;1-10-5-6-11-9-15(13(2,3)4)8-7-12(11)14-10;1-12(2,3)14-8-6-11-10(9-14)5-4-7-13-11;1-12(2,3)10-4-5-11-9(8-10)6-7-13-11;2*1-8-12-9-5-6-13(11(2,3)4)7-10(9)14-8;1-11(2,3)13-7-5-10-9(8-13)4-6-12-10;1-11(2,3)8-4-5-9-10(6-8)13-7-12-9;1-10(2,3)13-5-4-8-9(6-13)12-7-11-8;1-8(2,3)6-7-4-5-9-10-7/h4-10,17H,1-3H3;5-6,14H,1,7-9H2,2-4H3;4-5,7H,6,8-9H2,1-3H3;6-7,10,13H,4-5,8H2,1-3H3;9-10,12H,1,5-7H2,2-4H3;12H,1,5-7H2,2-4H3;4,6,12H,5,7-8H2,1-3H3;7-8H,4-6H2,1-3H3,(H,12,13);7H,4-6H2,1-3H3,(H,11,12);5H,4,6H2,1-3H3. The Hall–Kier alpha value is -9.09. The van der Waals surface area contributed by atoms with Crippen LogP contribution in [0.2, 0.25) is 0 Å². The molecule has 2 saturated heterocycles. The Morgan fingerprint density at radius 3 is 1.60 bits per heavy atom. The van der Waals surface area contributed by atoms with Crippen molar-refractivity contribution in [2.45, 2.75) is 368 Å². The predicted octanol–water partition coefficient (Wildman–Crippen LogP) is 24.1. The van der Waals surface area contributed by atoms with Crippen molar-refractivity contribution in [3.05, 3.63) is 232 Å². The number of hydrogen-bond donors (Lipinski definition) is 8. The summed E-state index contributed by atoms with van der Waals surface area (Å²) in [6.45, 7) is 92.6. The largest absolute Gasteiger partial charge is 0.473 e. The van der Waals surface area contributed by atoms with Crippen molar-refractivity contribution in [1.29, 1.82) is 0 Å². The van der Waals surface area contributed by atoms with Gasteiger partial charge in [-0.05, 0) is 293 Å². The van der Waals surface area contributed by atoms with E-state index in [0.717, 1.165) is 153 Å². The molecule has 0 radical (unpaired) electrons. The number of imidazole rings is 2. The van der Waals surface area contributed by atoms with E-state index in [1.165, 1.54) is 146 Å². The van der Waals surface area contributed by atoms with Crippen molar-refractivity contribution in [1.82, 2.24) is 85.2 Å². The molecule has 16 heterocycles. The molecule has 0 bridgehead atoms.